The van der Waals surface area contributed by atoms with Crippen molar-refractivity contribution < 1.29 is 9.53 Å². The predicted octanol–water partition coefficient (Wildman–Crippen LogP) is 0.874. The molecule has 1 aromatic carbocycles. The molecule has 8 heteroatoms. The summed E-state index contributed by atoms with van der Waals surface area (Å²) in [7, 11) is 1.56. The first-order valence-electron chi connectivity index (χ1n) is 6.95. The number of aromatic nitrogens is 2. The van der Waals surface area contributed by atoms with Gasteiger partial charge in [0.25, 0.3) is 5.56 Å². The van der Waals surface area contributed by atoms with Gasteiger partial charge in [0.05, 0.1) is 17.9 Å². The van der Waals surface area contributed by atoms with Crippen LogP contribution in [-0.4, -0.2) is 41.9 Å². The Kier molecular flexibility index (Phi) is 6.19. The molecule has 0 atom stereocenters. The Hall–Kier alpha value is -2.32. The number of nitrogens with two attached hydrogens (primary N) is 1. The molecular weight excluding hydrogens is 316 g/mol. The lowest BCUT2D eigenvalue weighted by atomic mass is 10.1. The summed E-state index contributed by atoms with van der Waals surface area (Å²) in [6, 6.07) is 9.08. The summed E-state index contributed by atoms with van der Waals surface area (Å²) in [5.41, 5.74) is 6.60. The molecule has 0 radical (unpaired) electrons. The van der Waals surface area contributed by atoms with Gasteiger partial charge >= 0.3 is 0 Å². The van der Waals surface area contributed by atoms with Crippen molar-refractivity contribution >= 4 is 23.5 Å². The minimum absolute atomic E-state index is 0.136. The monoisotopic (exact) mass is 334 g/mol. The third-order valence-corrected chi connectivity index (χ3v) is 3.83. The minimum atomic E-state index is -0.328. The second-order valence-electron chi connectivity index (χ2n) is 4.63. The van der Waals surface area contributed by atoms with Crippen LogP contribution < -0.4 is 16.6 Å². The highest BCUT2D eigenvalue weighted by molar-refractivity contribution is 7.99. The molecular formula is C15H18N4O3S. The number of nitrogens with zero attached hydrogens (tertiary/aromatic N) is 1. The standard InChI is InChI=1S/C15H18N4O3S/c1-22-8-7-17-11(20)9-23-15-18-13(16)12(14(21)19-15)10-5-3-2-4-6-10/h2-6H,7-9H2,1H3,(H,17,20)(H3,16,18,19,21). The van der Waals surface area contributed by atoms with Crippen molar-refractivity contribution in [1.29, 1.82) is 0 Å². The van der Waals surface area contributed by atoms with E-state index < -0.39 is 0 Å². The highest BCUT2D eigenvalue weighted by Crippen LogP contribution is 2.21. The van der Waals surface area contributed by atoms with Gasteiger partial charge in [-0.2, -0.15) is 0 Å². The molecule has 1 heterocycles. The van der Waals surface area contributed by atoms with Gasteiger partial charge in [-0.15, -0.1) is 0 Å². The molecule has 0 unspecified atom stereocenters. The van der Waals surface area contributed by atoms with E-state index in [9.17, 15) is 9.59 Å². The minimum Gasteiger partial charge on any atom is -0.383 e. The van der Waals surface area contributed by atoms with E-state index in [1.807, 2.05) is 18.2 Å². The van der Waals surface area contributed by atoms with Gasteiger partial charge in [-0.1, -0.05) is 42.1 Å². The molecule has 2 aromatic rings. The van der Waals surface area contributed by atoms with E-state index in [2.05, 4.69) is 15.3 Å². The Morgan fingerprint density at radius 2 is 2.13 bits per heavy atom. The summed E-state index contributed by atoms with van der Waals surface area (Å²) in [5, 5.41) is 3.00. The van der Waals surface area contributed by atoms with E-state index in [4.69, 9.17) is 10.5 Å². The molecule has 0 aliphatic heterocycles. The second kappa shape index (κ2) is 8.35. The maximum atomic E-state index is 12.2. The summed E-state index contributed by atoms with van der Waals surface area (Å²) >= 11 is 1.12. The maximum Gasteiger partial charge on any atom is 0.261 e. The normalized spacial score (nSPS) is 10.5. The molecule has 1 amide bonds. The number of benzene rings is 1. The molecule has 0 spiro atoms. The van der Waals surface area contributed by atoms with Crippen LogP contribution in [0.15, 0.2) is 40.3 Å². The van der Waals surface area contributed by atoms with E-state index in [1.165, 1.54) is 0 Å². The van der Waals surface area contributed by atoms with Gasteiger partial charge in [-0.3, -0.25) is 9.59 Å². The quantitative estimate of drug-likeness (QED) is 0.394. The Balaban J connectivity index is 2.06. The average molecular weight is 334 g/mol. The highest BCUT2D eigenvalue weighted by atomic mass is 32.2. The highest BCUT2D eigenvalue weighted by Gasteiger charge is 2.12. The van der Waals surface area contributed by atoms with E-state index in [1.54, 1.807) is 19.2 Å². The predicted molar refractivity (Wildman–Crippen MR) is 90.3 cm³/mol. The number of H-pyrrole nitrogens is 1. The van der Waals surface area contributed by atoms with Crippen LogP contribution in [0.2, 0.25) is 0 Å². The zero-order valence-electron chi connectivity index (χ0n) is 12.7. The topological polar surface area (TPSA) is 110 Å². The lowest BCUT2D eigenvalue weighted by molar-refractivity contribution is -0.118. The van der Waals surface area contributed by atoms with E-state index in [0.717, 1.165) is 11.8 Å². The van der Waals surface area contributed by atoms with Gasteiger partial charge in [0, 0.05) is 13.7 Å². The van der Waals surface area contributed by atoms with Crippen molar-refractivity contribution in [2.75, 3.05) is 31.7 Å². The molecule has 0 fully saturated rings. The number of thioether (sulfide) groups is 1. The number of ether oxygens (including phenoxy) is 1. The second-order valence-corrected chi connectivity index (χ2v) is 5.59. The Morgan fingerprint density at radius 3 is 2.78 bits per heavy atom. The summed E-state index contributed by atoms with van der Waals surface area (Å²) in [5.74, 6) is 0.110. The number of amides is 1. The van der Waals surface area contributed by atoms with Crippen molar-refractivity contribution in [3.05, 3.63) is 40.7 Å². The number of nitrogens with one attached hydrogen (secondary N) is 2. The van der Waals surface area contributed by atoms with Crippen LogP contribution >= 0.6 is 11.8 Å². The first kappa shape index (κ1) is 17.0. The number of carbonyl (C=O) groups is 1. The fraction of sp³-hybridized carbons (Fsp3) is 0.267. The van der Waals surface area contributed by atoms with Gasteiger partial charge < -0.3 is 20.8 Å². The third-order valence-electron chi connectivity index (χ3n) is 2.96. The number of rotatable bonds is 7. The molecule has 0 aliphatic carbocycles. The number of hydrogen-bond donors (Lipinski definition) is 3. The SMILES string of the molecule is COCCNC(=O)CSc1nc(N)c(-c2ccccc2)c(=O)[nH]1. The van der Waals surface area contributed by atoms with Crippen molar-refractivity contribution in [2.45, 2.75) is 5.16 Å². The number of nitrogen functional groups attached to an aromatic ring is 1. The summed E-state index contributed by atoms with van der Waals surface area (Å²) in [6.07, 6.45) is 0. The molecule has 0 aliphatic rings. The Labute approximate surface area is 137 Å². The largest absolute Gasteiger partial charge is 0.383 e. The molecule has 122 valence electrons. The van der Waals surface area contributed by atoms with Gasteiger partial charge in [0.1, 0.15) is 5.82 Å². The first-order valence-corrected chi connectivity index (χ1v) is 7.94. The van der Waals surface area contributed by atoms with Crippen molar-refractivity contribution in [3.8, 4) is 11.1 Å². The summed E-state index contributed by atoms with van der Waals surface area (Å²) in [4.78, 5) is 30.6. The van der Waals surface area contributed by atoms with Gasteiger partial charge in [0.15, 0.2) is 5.16 Å². The maximum absolute atomic E-state index is 12.2. The molecule has 2 rings (SSSR count). The van der Waals surface area contributed by atoms with Crippen LogP contribution in [-0.2, 0) is 9.53 Å². The molecule has 0 bridgehead atoms. The number of hydrogen-bond acceptors (Lipinski definition) is 6. The summed E-state index contributed by atoms with van der Waals surface area (Å²) < 4.78 is 4.84. The number of carbonyl (C=O) groups excluding carboxylic acids is 1. The van der Waals surface area contributed by atoms with Crippen LogP contribution in [0.1, 0.15) is 0 Å². The average Bonchev–Trinajstić information content (AvgIpc) is 2.53. The van der Waals surface area contributed by atoms with Crippen LogP contribution in [0.5, 0.6) is 0 Å². The zero-order chi connectivity index (χ0) is 16.7. The van der Waals surface area contributed by atoms with Crippen LogP contribution in [0.4, 0.5) is 5.82 Å². The molecule has 1 aromatic heterocycles. The van der Waals surface area contributed by atoms with E-state index >= 15 is 0 Å². The smallest absolute Gasteiger partial charge is 0.261 e. The first-order chi connectivity index (χ1) is 11.1. The lowest BCUT2D eigenvalue weighted by Gasteiger charge is -2.07. The molecule has 4 N–H and O–H groups in total. The Morgan fingerprint density at radius 1 is 1.39 bits per heavy atom. The van der Waals surface area contributed by atoms with E-state index in [0.29, 0.717) is 29.4 Å². The van der Waals surface area contributed by atoms with Crippen molar-refractivity contribution in [2.24, 2.45) is 0 Å². The van der Waals surface area contributed by atoms with Crippen LogP contribution in [0.3, 0.4) is 0 Å². The molecule has 0 saturated heterocycles. The summed E-state index contributed by atoms with van der Waals surface area (Å²) in [6.45, 7) is 0.888. The fourth-order valence-corrected chi connectivity index (χ4v) is 2.60. The third kappa shape index (κ3) is 4.83. The van der Waals surface area contributed by atoms with Crippen molar-refractivity contribution in [3.63, 3.8) is 0 Å². The van der Waals surface area contributed by atoms with Crippen LogP contribution in [0.25, 0.3) is 11.1 Å². The molecule has 0 saturated carbocycles. The fourth-order valence-electron chi connectivity index (χ4n) is 1.90. The molecule has 23 heavy (non-hydrogen) atoms. The zero-order valence-corrected chi connectivity index (χ0v) is 13.5. The van der Waals surface area contributed by atoms with Gasteiger partial charge in [-0.25, -0.2) is 4.98 Å². The number of aromatic amines is 1. The molecule has 7 nitrogen and oxygen atoms in total. The van der Waals surface area contributed by atoms with E-state index in [-0.39, 0.29) is 23.0 Å². The van der Waals surface area contributed by atoms with Crippen molar-refractivity contribution in [1.82, 2.24) is 15.3 Å². The number of methoxy groups -OCH3 is 1. The van der Waals surface area contributed by atoms with Gasteiger partial charge in [-0.05, 0) is 5.56 Å². The number of anilines is 1. The van der Waals surface area contributed by atoms with Crippen LogP contribution in [0, 0.1) is 0 Å². The lowest BCUT2D eigenvalue weighted by Crippen LogP contribution is -2.28. The Bertz CT molecular complexity index is 718. The van der Waals surface area contributed by atoms with Gasteiger partial charge in [0.2, 0.25) is 5.91 Å².